The summed E-state index contributed by atoms with van der Waals surface area (Å²) in [6.07, 6.45) is -0.916. The van der Waals surface area contributed by atoms with Crippen LogP contribution in [0.5, 0.6) is 0 Å². The monoisotopic (exact) mass is 416 g/mol. The van der Waals surface area contributed by atoms with Crippen molar-refractivity contribution >= 4 is 27.9 Å². The van der Waals surface area contributed by atoms with Gasteiger partial charge in [-0.3, -0.25) is 14.4 Å². The van der Waals surface area contributed by atoms with Crippen LogP contribution in [0.1, 0.15) is 19.8 Å². The lowest BCUT2D eigenvalue weighted by Gasteiger charge is -2.23. The van der Waals surface area contributed by atoms with Crippen molar-refractivity contribution in [3.63, 3.8) is 0 Å². The summed E-state index contributed by atoms with van der Waals surface area (Å²) in [5.41, 5.74) is 0. The highest BCUT2D eigenvalue weighted by Gasteiger charge is 2.45. The number of amides is 1. The number of methoxy groups -OCH3 is 1. The van der Waals surface area contributed by atoms with Crippen LogP contribution in [-0.4, -0.2) is 62.9 Å². The number of halogens is 1. The number of esters is 2. The Balaban J connectivity index is 2.21. The Morgan fingerprint density at radius 1 is 1.25 bits per heavy atom. The Morgan fingerprint density at radius 2 is 1.89 bits per heavy atom. The van der Waals surface area contributed by atoms with Crippen LogP contribution in [0.4, 0.5) is 4.39 Å². The summed E-state index contributed by atoms with van der Waals surface area (Å²) in [6, 6.07) is 3.04. The lowest BCUT2D eigenvalue weighted by molar-refractivity contribution is -0.146. The van der Waals surface area contributed by atoms with Gasteiger partial charge in [-0.1, -0.05) is 0 Å². The zero-order valence-corrected chi connectivity index (χ0v) is 16.2. The number of nitrogens with one attached hydrogen (secondary N) is 1. The van der Waals surface area contributed by atoms with E-state index in [-0.39, 0.29) is 30.8 Å². The molecule has 11 heteroatoms. The largest absolute Gasteiger partial charge is 0.469 e. The van der Waals surface area contributed by atoms with Gasteiger partial charge in [0.2, 0.25) is 15.9 Å². The van der Waals surface area contributed by atoms with E-state index in [0.29, 0.717) is 0 Å². The van der Waals surface area contributed by atoms with Gasteiger partial charge in [0.25, 0.3) is 0 Å². The average Bonchev–Trinajstić information content (AvgIpc) is 3.05. The molecule has 1 amide bonds. The van der Waals surface area contributed by atoms with Gasteiger partial charge in [0, 0.05) is 19.9 Å². The molecule has 0 bridgehead atoms. The minimum Gasteiger partial charge on any atom is -0.469 e. The van der Waals surface area contributed by atoms with Gasteiger partial charge in [0.1, 0.15) is 18.0 Å². The average molecular weight is 416 g/mol. The molecule has 9 nitrogen and oxygen atoms in total. The van der Waals surface area contributed by atoms with E-state index in [4.69, 9.17) is 4.74 Å². The number of sulfonamides is 1. The first kappa shape index (κ1) is 21.8. The molecule has 1 aromatic rings. The smallest absolute Gasteiger partial charge is 0.307 e. The highest BCUT2D eigenvalue weighted by Crippen LogP contribution is 2.28. The van der Waals surface area contributed by atoms with E-state index in [2.05, 4.69) is 10.1 Å². The number of nitrogens with zero attached hydrogens (tertiary/aromatic N) is 1. The molecule has 1 aromatic carbocycles. The van der Waals surface area contributed by atoms with Gasteiger partial charge in [-0.15, -0.1) is 0 Å². The molecule has 1 aliphatic rings. The Bertz CT molecular complexity index is 842. The number of benzene rings is 1. The molecule has 154 valence electrons. The van der Waals surface area contributed by atoms with Crippen molar-refractivity contribution in [1.82, 2.24) is 9.62 Å². The summed E-state index contributed by atoms with van der Waals surface area (Å²) in [5.74, 6) is -2.37. The van der Waals surface area contributed by atoms with Crippen molar-refractivity contribution in [3.8, 4) is 0 Å². The first-order valence-corrected chi connectivity index (χ1v) is 9.88. The summed E-state index contributed by atoms with van der Waals surface area (Å²) < 4.78 is 49.5. The standard InChI is InChI=1S/C17H21FN2O7S/c1-11(21)27-13-9-15(17(23)19-8-7-16(22)26-2)20(10-13)28(24,25)14-5-3-12(18)4-6-14/h3-6,13,15H,7-10H2,1-2H3,(H,19,23)/t13-,15-/m1/s1. The molecule has 1 fully saturated rings. The maximum absolute atomic E-state index is 13.1. The fraction of sp³-hybridized carbons (Fsp3) is 0.471. The second-order valence-electron chi connectivity index (χ2n) is 6.13. The molecule has 0 saturated carbocycles. The number of hydrogen-bond acceptors (Lipinski definition) is 7. The van der Waals surface area contributed by atoms with Crippen LogP contribution in [0.25, 0.3) is 0 Å². The van der Waals surface area contributed by atoms with Gasteiger partial charge < -0.3 is 14.8 Å². The number of carbonyl (C=O) groups excluding carboxylic acids is 3. The maximum Gasteiger partial charge on any atom is 0.307 e. The van der Waals surface area contributed by atoms with Gasteiger partial charge in [0.15, 0.2) is 0 Å². The lowest BCUT2D eigenvalue weighted by atomic mass is 10.2. The minimum absolute atomic E-state index is 0.0370. The van der Waals surface area contributed by atoms with Crippen LogP contribution in [0.15, 0.2) is 29.2 Å². The molecule has 2 atom stereocenters. The lowest BCUT2D eigenvalue weighted by Crippen LogP contribution is -2.46. The fourth-order valence-corrected chi connectivity index (χ4v) is 4.47. The molecule has 0 radical (unpaired) electrons. The predicted octanol–water partition coefficient (Wildman–Crippen LogP) is 0.200. The zero-order chi connectivity index (χ0) is 20.9. The minimum atomic E-state index is -4.14. The molecule has 0 spiro atoms. The van der Waals surface area contributed by atoms with Crippen molar-refractivity contribution in [2.24, 2.45) is 0 Å². The van der Waals surface area contributed by atoms with E-state index in [9.17, 15) is 27.2 Å². The highest BCUT2D eigenvalue weighted by molar-refractivity contribution is 7.89. The molecule has 1 aliphatic heterocycles. The summed E-state index contributed by atoms with van der Waals surface area (Å²) in [5, 5.41) is 2.48. The van der Waals surface area contributed by atoms with Gasteiger partial charge >= 0.3 is 11.9 Å². The van der Waals surface area contributed by atoms with Crippen LogP contribution in [0.2, 0.25) is 0 Å². The second kappa shape index (κ2) is 9.11. The molecule has 0 unspecified atom stereocenters. The summed E-state index contributed by atoms with van der Waals surface area (Å²) in [7, 11) is -2.93. The van der Waals surface area contributed by atoms with E-state index in [1.54, 1.807) is 0 Å². The van der Waals surface area contributed by atoms with Gasteiger partial charge in [-0.05, 0) is 24.3 Å². The Kier molecular flexibility index (Phi) is 7.08. The Labute approximate surface area is 161 Å². The molecule has 1 saturated heterocycles. The number of ether oxygens (including phenoxy) is 2. The zero-order valence-electron chi connectivity index (χ0n) is 15.4. The van der Waals surface area contributed by atoms with E-state index >= 15 is 0 Å². The molecular formula is C17H21FN2O7S. The quantitative estimate of drug-likeness (QED) is 0.631. The third-order valence-electron chi connectivity index (χ3n) is 4.13. The molecule has 0 aromatic heterocycles. The molecular weight excluding hydrogens is 395 g/mol. The summed E-state index contributed by atoms with van der Waals surface area (Å²) >= 11 is 0. The Morgan fingerprint density at radius 3 is 2.46 bits per heavy atom. The SMILES string of the molecule is COC(=O)CCNC(=O)[C@H]1C[C@@H](OC(C)=O)CN1S(=O)(=O)c1ccc(F)cc1. The predicted molar refractivity (Wildman–Crippen MR) is 93.9 cm³/mol. The van der Waals surface area contributed by atoms with Crippen LogP contribution in [-0.2, 0) is 33.9 Å². The van der Waals surface area contributed by atoms with E-state index in [1.165, 1.54) is 14.0 Å². The summed E-state index contributed by atoms with van der Waals surface area (Å²) in [6.45, 7) is 0.932. The molecule has 0 aliphatic carbocycles. The molecule has 2 rings (SSSR count). The maximum atomic E-state index is 13.1. The van der Waals surface area contributed by atoms with Crippen molar-refractivity contribution in [1.29, 1.82) is 0 Å². The second-order valence-corrected chi connectivity index (χ2v) is 8.02. The number of hydrogen-bond donors (Lipinski definition) is 1. The molecule has 1 N–H and O–H groups in total. The van der Waals surface area contributed by atoms with Gasteiger partial charge in [0.05, 0.1) is 25.0 Å². The normalized spacial score (nSPS) is 19.8. The third-order valence-corrected chi connectivity index (χ3v) is 6.02. The summed E-state index contributed by atoms with van der Waals surface area (Å²) in [4.78, 5) is 34.7. The topological polar surface area (TPSA) is 119 Å². The highest BCUT2D eigenvalue weighted by atomic mass is 32.2. The van der Waals surface area contributed by atoms with E-state index < -0.39 is 45.8 Å². The van der Waals surface area contributed by atoms with Gasteiger partial charge in [-0.25, -0.2) is 12.8 Å². The molecule has 1 heterocycles. The van der Waals surface area contributed by atoms with Gasteiger partial charge in [-0.2, -0.15) is 4.31 Å². The Hall–Kier alpha value is -2.53. The van der Waals surface area contributed by atoms with Crippen molar-refractivity contribution in [3.05, 3.63) is 30.1 Å². The van der Waals surface area contributed by atoms with Crippen molar-refractivity contribution in [2.75, 3.05) is 20.2 Å². The van der Waals surface area contributed by atoms with Crippen LogP contribution in [0, 0.1) is 5.82 Å². The first-order chi connectivity index (χ1) is 13.1. The first-order valence-electron chi connectivity index (χ1n) is 8.44. The number of carbonyl (C=O) groups is 3. The van der Waals surface area contributed by atoms with E-state index in [0.717, 1.165) is 28.6 Å². The van der Waals surface area contributed by atoms with Crippen molar-refractivity contribution in [2.45, 2.75) is 36.8 Å². The van der Waals surface area contributed by atoms with Crippen LogP contribution in [0.3, 0.4) is 0 Å². The van der Waals surface area contributed by atoms with E-state index in [1.807, 2.05) is 0 Å². The molecule has 28 heavy (non-hydrogen) atoms. The third kappa shape index (κ3) is 5.26. The van der Waals surface area contributed by atoms with Crippen LogP contribution < -0.4 is 5.32 Å². The number of rotatable bonds is 7. The fourth-order valence-electron chi connectivity index (χ4n) is 2.84. The van der Waals surface area contributed by atoms with Crippen molar-refractivity contribution < 1.29 is 36.7 Å². The van der Waals surface area contributed by atoms with Crippen LogP contribution >= 0.6 is 0 Å².